The number of nitrogens with zero attached hydrogens (tertiary/aromatic N) is 2. The molecule has 1 aliphatic rings. The van der Waals surface area contributed by atoms with E-state index in [1.807, 2.05) is 54.3 Å². The molecule has 5 nitrogen and oxygen atoms in total. The largest absolute Gasteiger partial charge is 0.336 e. The molecule has 136 valence electrons. The van der Waals surface area contributed by atoms with Crippen molar-refractivity contribution in [2.24, 2.45) is 0 Å². The van der Waals surface area contributed by atoms with Gasteiger partial charge in [0.15, 0.2) is 0 Å². The van der Waals surface area contributed by atoms with E-state index in [4.69, 9.17) is 11.6 Å². The van der Waals surface area contributed by atoms with Crippen molar-refractivity contribution in [1.82, 2.24) is 9.80 Å². The summed E-state index contributed by atoms with van der Waals surface area (Å²) in [5.41, 5.74) is 2.42. The molecular weight excluding hydrogens is 350 g/mol. The lowest BCUT2D eigenvalue weighted by Gasteiger charge is -2.34. The Labute approximate surface area is 158 Å². The summed E-state index contributed by atoms with van der Waals surface area (Å²) in [6, 6.07) is 14.7. The first-order chi connectivity index (χ1) is 12.5. The van der Waals surface area contributed by atoms with Crippen LogP contribution in [-0.2, 0) is 4.79 Å². The van der Waals surface area contributed by atoms with Crippen molar-refractivity contribution in [3.63, 3.8) is 0 Å². The van der Waals surface area contributed by atoms with E-state index in [9.17, 15) is 9.59 Å². The number of piperazine rings is 1. The van der Waals surface area contributed by atoms with Crippen LogP contribution in [0.2, 0.25) is 5.02 Å². The average molecular weight is 372 g/mol. The molecule has 1 heterocycles. The molecule has 2 aromatic rings. The van der Waals surface area contributed by atoms with Gasteiger partial charge in [-0.3, -0.25) is 14.5 Å². The minimum absolute atomic E-state index is 0.0477. The summed E-state index contributed by atoms with van der Waals surface area (Å²) in [5.74, 6) is -0.00949. The summed E-state index contributed by atoms with van der Waals surface area (Å²) < 4.78 is 0. The van der Waals surface area contributed by atoms with Crippen molar-refractivity contribution in [3.05, 3.63) is 64.7 Å². The number of nitrogens with one attached hydrogen (secondary N) is 1. The molecule has 3 rings (SSSR count). The topological polar surface area (TPSA) is 52.7 Å². The Hall–Kier alpha value is -2.37. The second-order valence-corrected chi connectivity index (χ2v) is 6.88. The van der Waals surface area contributed by atoms with Crippen LogP contribution in [-0.4, -0.2) is 54.3 Å². The van der Waals surface area contributed by atoms with Gasteiger partial charge in [-0.25, -0.2) is 0 Å². The smallest absolute Gasteiger partial charge is 0.253 e. The van der Waals surface area contributed by atoms with Crippen LogP contribution < -0.4 is 5.32 Å². The van der Waals surface area contributed by atoms with E-state index in [1.165, 1.54) is 0 Å². The van der Waals surface area contributed by atoms with Gasteiger partial charge in [-0.2, -0.15) is 0 Å². The molecule has 1 aliphatic heterocycles. The summed E-state index contributed by atoms with van der Waals surface area (Å²) in [6.45, 7) is 4.85. The van der Waals surface area contributed by atoms with Crippen LogP contribution in [0.4, 0.5) is 5.69 Å². The van der Waals surface area contributed by atoms with E-state index < -0.39 is 0 Å². The number of hydrogen-bond donors (Lipinski definition) is 1. The molecule has 1 fully saturated rings. The van der Waals surface area contributed by atoms with Crippen LogP contribution in [0.5, 0.6) is 0 Å². The minimum atomic E-state index is -0.0572. The molecule has 6 heteroatoms. The lowest BCUT2D eigenvalue weighted by Crippen LogP contribution is -2.50. The number of benzene rings is 2. The molecule has 0 atom stereocenters. The molecule has 0 unspecified atom stereocenters. The van der Waals surface area contributed by atoms with Gasteiger partial charge >= 0.3 is 0 Å². The number of halogens is 1. The zero-order chi connectivity index (χ0) is 18.5. The summed E-state index contributed by atoms with van der Waals surface area (Å²) in [7, 11) is 0. The maximum Gasteiger partial charge on any atom is 0.253 e. The van der Waals surface area contributed by atoms with E-state index in [0.29, 0.717) is 43.3 Å². The highest BCUT2D eigenvalue weighted by atomic mass is 35.5. The number of hydrogen-bond acceptors (Lipinski definition) is 3. The predicted octanol–water partition coefficient (Wildman–Crippen LogP) is 3.04. The summed E-state index contributed by atoms with van der Waals surface area (Å²) >= 11 is 5.94. The van der Waals surface area contributed by atoms with Gasteiger partial charge in [-0.15, -0.1) is 0 Å². The Kier molecular flexibility index (Phi) is 5.91. The first kappa shape index (κ1) is 18.4. The molecule has 1 saturated heterocycles. The van der Waals surface area contributed by atoms with Gasteiger partial charge in [0.1, 0.15) is 0 Å². The second-order valence-electron chi connectivity index (χ2n) is 6.44. The third-order valence-electron chi connectivity index (χ3n) is 4.51. The molecule has 26 heavy (non-hydrogen) atoms. The average Bonchev–Trinajstić information content (AvgIpc) is 2.65. The van der Waals surface area contributed by atoms with Crippen molar-refractivity contribution < 1.29 is 9.59 Å². The molecule has 2 amide bonds. The van der Waals surface area contributed by atoms with Crippen LogP contribution in [0.3, 0.4) is 0 Å². The first-order valence-corrected chi connectivity index (χ1v) is 9.03. The fourth-order valence-electron chi connectivity index (χ4n) is 3.03. The number of anilines is 1. The Morgan fingerprint density at radius 1 is 1.04 bits per heavy atom. The second kappa shape index (κ2) is 8.34. The first-order valence-electron chi connectivity index (χ1n) is 8.65. The van der Waals surface area contributed by atoms with Crippen LogP contribution >= 0.6 is 11.6 Å². The highest BCUT2D eigenvalue weighted by molar-refractivity contribution is 6.30. The number of carbonyl (C=O) groups is 2. The van der Waals surface area contributed by atoms with E-state index in [2.05, 4.69) is 10.2 Å². The Morgan fingerprint density at radius 3 is 2.38 bits per heavy atom. The Balaban J connectivity index is 1.49. The van der Waals surface area contributed by atoms with E-state index >= 15 is 0 Å². The van der Waals surface area contributed by atoms with Gasteiger partial charge in [-0.05, 0) is 42.8 Å². The zero-order valence-electron chi connectivity index (χ0n) is 14.7. The van der Waals surface area contributed by atoms with E-state index in [1.54, 1.807) is 6.07 Å². The normalized spacial score (nSPS) is 14.9. The van der Waals surface area contributed by atoms with Gasteiger partial charge in [-0.1, -0.05) is 29.8 Å². The Bertz CT molecular complexity index is 787. The van der Waals surface area contributed by atoms with Crippen LogP contribution in [0, 0.1) is 6.92 Å². The molecule has 0 aromatic heterocycles. The van der Waals surface area contributed by atoms with Gasteiger partial charge < -0.3 is 10.2 Å². The van der Waals surface area contributed by atoms with Crippen LogP contribution in [0.15, 0.2) is 48.5 Å². The fraction of sp³-hybridized carbons (Fsp3) is 0.300. The molecular formula is C20H22ClN3O2. The van der Waals surface area contributed by atoms with Gasteiger partial charge in [0.25, 0.3) is 5.91 Å². The summed E-state index contributed by atoms with van der Waals surface area (Å²) in [4.78, 5) is 28.6. The lowest BCUT2D eigenvalue weighted by atomic mass is 10.2. The predicted molar refractivity (Wildman–Crippen MR) is 104 cm³/mol. The number of carbonyl (C=O) groups excluding carboxylic acids is 2. The van der Waals surface area contributed by atoms with E-state index in [0.717, 1.165) is 11.3 Å². The molecule has 0 spiro atoms. The molecule has 2 aromatic carbocycles. The van der Waals surface area contributed by atoms with Gasteiger partial charge in [0, 0.05) is 42.5 Å². The molecule has 1 N–H and O–H groups in total. The molecule has 0 radical (unpaired) electrons. The third-order valence-corrected chi connectivity index (χ3v) is 4.75. The lowest BCUT2D eigenvalue weighted by molar-refractivity contribution is -0.117. The zero-order valence-corrected chi connectivity index (χ0v) is 15.5. The van der Waals surface area contributed by atoms with Gasteiger partial charge in [0.2, 0.25) is 5.91 Å². The quantitative estimate of drug-likeness (QED) is 0.898. The third kappa shape index (κ3) is 4.62. The fourth-order valence-corrected chi connectivity index (χ4v) is 3.26. The summed E-state index contributed by atoms with van der Waals surface area (Å²) in [5, 5.41) is 3.58. The van der Waals surface area contributed by atoms with Crippen LogP contribution in [0.25, 0.3) is 0 Å². The maximum absolute atomic E-state index is 12.5. The number of rotatable bonds is 4. The highest BCUT2D eigenvalue weighted by Crippen LogP contribution is 2.19. The van der Waals surface area contributed by atoms with E-state index in [-0.39, 0.29) is 11.8 Å². The molecule has 0 bridgehead atoms. The monoisotopic (exact) mass is 371 g/mol. The van der Waals surface area contributed by atoms with Crippen LogP contribution in [0.1, 0.15) is 15.9 Å². The Morgan fingerprint density at radius 2 is 1.73 bits per heavy atom. The standard InChI is InChI=1S/C20H22ClN3O2/c1-15-13-17(21)7-8-18(15)22-19(25)14-23-9-11-24(12-10-23)20(26)16-5-3-2-4-6-16/h2-8,13H,9-12,14H2,1H3,(H,22,25). The molecule has 0 saturated carbocycles. The van der Waals surface area contributed by atoms with Crippen molar-refractivity contribution in [3.8, 4) is 0 Å². The minimum Gasteiger partial charge on any atom is -0.336 e. The molecule has 0 aliphatic carbocycles. The van der Waals surface area contributed by atoms with Gasteiger partial charge in [0.05, 0.1) is 6.54 Å². The summed E-state index contributed by atoms with van der Waals surface area (Å²) in [6.07, 6.45) is 0. The van der Waals surface area contributed by atoms with Crippen molar-refractivity contribution in [2.45, 2.75) is 6.92 Å². The van der Waals surface area contributed by atoms with Crippen molar-refractivity contribution in [1.29, 1.82) is 0 Å². The highest BCUT2D eigenvalue weighted by Gasteiger charge is 2.23. The number of amides is 2. The SMILES string of the molecule is Cc1cc(Cl)ccc1NC(=O)CN1CCN(C(=O)c2ccccc2)CC1. The van der Waals surface area contributed by atoms with Crippen molar-refractivity contribution in [2.75, 3.05) is 38.0 Å². The van der Waals surface area contributed by atoms with Crippen molar-refractivity contribution >= 4 is 29.1 Å². The number of aryl methyl sites for hydroxylation is 1. The maximum atomic E-state index is 12.5.